The minimum atomic E-state index is -0.512. The molecule has 9 heteroatoms. The number of thiophene rings is 1. The Labute approximate surface area is 168 Å². The Morgan fingerprint density at radius 3 is 2.57 bits per heavy atom. The van der Waals surface area contributed by atoms with Gasteiger partial charge in [-0.3, -0.25) is 4.79 Å². The van der Waals surface area contributed by atoms with Gasteiger partial charge in [-0.25, -0.2) is 4.79 Å². The third kappa shape index (κ3) is 5.54. The fraction of sp³-hybridized carbons (Fsp3) is 0.579. The van der Waals surface area contributed by atoms with Gasteiger partial charge in [0.1, 0.15) is 5.60 Å². The molecule has 2 amide bonds. The van der Waals surface area contributed by atoms with Crippen LogP contribution >= 0.6 is 11.3 Å². The standard InChI is InChI=1S/C19H26N4O4S/c1-19(2,3)26-18(25)23-11-9-22(10-12-23)16(24)8-4-7-15-20-17(21-27-15)14-6-5-13-28-14/h5-6,13H,4,7-12H2,1-3H3. The summed E-state index contributed by atoms with van der Waals surface area (Å²) in [7, 11) is 0. The van der Waals surface area contributed by atoms with Crippen LogP contribution in [0.3, 0.4) is 0 Å². The summed E-state index contributed by atoms with van der Waals surface area (Å²) >= 11 is 1.56. The van der Waals surface area contributed by atoms with Crippen LogP contribution in [-0.4, -0.2) is 63.7 Å². The summed E-state index contributed by atoms with van der Waals surface area (Å²) < 4.78 is 10.6. The monoisotopic (exact) mass is 406 g/mol. The molecule has 0 unspecified atom stereocenters. The molecule has 1 fully saturated rings. The van der Waals surface area contributed by atoms with Crippen LogP contribution in [0, 0.1) is 0 Å². The number of hydrogen-bond acceptors (Lipinski definition) is 7. The van der Waals surface area contributed by atoms with Crippen LogP contribution < -0.4 is 0 Å². The molecule has 28 heavy (non-hydrogen) atoms. The second kappa shape index (κ2) is 8.72. The molecule has 0 radical (unpaired) electrons. The molecule has 3 rings (SSSR count). The van der Waals surface area contributed by atoms with Gasteiger partial charge in [-0.15, -0.1) is 11.3 Å². The molecule has 0 spiro atoms. The van der Waals surface area contributed by atoms with Gasteiger partial charge in [0, 0.05) is 39.0 Å². The highest BCUT2D eigenvalue weighted by Gasteiger charge is 2.27. The number of carbonyl (C=O) groups excluding carboxylic acids is 2. The Balaban J connectivity index is 1.39. The first-order valence-electron chi connectivity index (χ1n) is 9.44. The van der Waals surface area contributed by atoms with Gasteiger partial charge in [-0.2, -0.15) is 4.98 Å². The second-order valence-corrected chi connectivity index (χ2v) is 8.64. The number of rotatable bonds is 5. The molecule has 0 N–H and O–H groups in total. The Kier molecular flexibility index (Phi) is 6.33. The van der Waals surface area contributed by atoms with Gasteiger partial charge in [0.2, 0.25) is 17.6 Å². The lowest BCUT2D eigenvalue weighted by Gasteiger charge is -2.35. The number of ether oxygens (including phenoxy) is 1. The van der Waals surface area contributed by atoms with Crippen molar-refractivity contribution in [2.45, 2.75) is 45.6 Å². The SMILES string of the molecule is CC(C)(C)OC(=O)N1CCN(C(=O)CCCc2nc(-c3cccs3)no2)CC1. The van der Waals surface area contributed by atoms with Crippen molar-refractivity contribution in [2.75, 3.05) is 26.2 Å². The molecule has 1 aliphatic rings. The summed E-state index contributed by atoms with van der Waals surface area (Å²) in [5, 5.41) is 5.94. The number of hydrogen-bond donors (Lipinski definition) is 0. The van der Waals surface area contributed by atoms with E-state index in [-0.39, 0.29) is 12.0 Å². The van der Waals surface area contributed by atoms with E-state index in [1.807, 2.05) is 38.3 Å². The van der Waals surface area contributed by atoms with Crippen LogP contribution in [0.2, 0.25) is 0 Å². The van der Waals surface area contributed by atoms with Gasteiger partial charge < -0.3 is 19.1 Å². The van der Waals surface area contributed by atoms with Crippen molar-refractivity contribution in [1.82, 2.24) is 19.9 Å². The van der Waals surface area contributed by atoms with Crippen molar-refractivity contribution < 1.29 is 18.8 Å². The Hall–Kier alpha value is -2.42. The van der Waals surface area contributed by atoms with E-state index in [4.69, 9.17) is 9.26 Å². The predicted molar refractivity (Wildman–Crippen MR) is 105 cm³/mol. The van der Waals surface area contributed by atoms with E-state index >= 15 is 0 Å². The first kappa shape index (κ1) is 20.3. The quantitative estimate of drug-likeness (QED) is 0.758. The Morgan fingerprint density at radius 2 is 1.93 bits per heavy atom. The van der Waals surface area contributed by atoms with Gasteiger partial charge in [-0.1, -0.05) is 11.2 Å². The van der Waals surface area contributed by atoms with Crippen LogP contribution in [0.5, 0.6) is 0 Å². The second-order valence-electron chi connectivity index (χ2n) is 7.69. The first-order chi connectivity index (χ1) is 13.3. The van der Waals surface area contributed by atoms with Gasteiger partial charge in [0.15, 0.2) is 0 Å². The summed E-state index contributed by atoms with van der Waals surface area (Å²) in [6.07, 6.45) is 1.32. The topological polar surface area (TPSA) is 88.8 Å². The minimum Gasteiger partial charge on any atom is -0.444 e. The average Bonchev–Trinajstić information content (AvgIpc) is 3.32. The zero-order chi connectivity index (χ0) is 20.1. The van der Waals surface area contributed by atoms with E-state index < -0.39 is 5.60 Å². The van der Waals surface area contributed by atoms with E-state index in [0.29, 0.717) is 57.2 Å². The van der Waals surface area contributed by atoms with E-state index in [0.717, 1.165) is 4.88 Å². The lowest BCUT2D eigenvalue weighted by molar-refractivity contribution is -0.133. The molecule has 8 nitrogen and oxygen atoms in total. The van der Waals surface area contributed by atoms with Crippen molar-refractivity contribution in [1.29, 1.82) is 0 Å². The Bertz CT molecular complexity index is 789. The van der Waals surface area contributed by atoms with Crippen molar-refractivity contribution in [3.63, 3.8) is 0 Å². The molecule has 2 aromatic rings. The van der Waals surface area contributed by atoms with Crippen molar-refractivity contribution in [3.05, 3.63) is 23.4 Å². The fourth-order valence-electron chi connectivity index (χ4n) is 2.88. The van der Waals surface area contributed by atoms with Crippen molar-refractivity contribution in [3.8, 4) is 10.7 Å². The largest absolute Gasteiger partial charge is 0.444 e. The zero-order valence-electron chi connectivity index (χ0n) is 16.5. The molecule has 1 aliphatic heterocycles. The van der Waals surface area contributed by atoms with Gasteiger partial charge >= 0.3 is 6.09 Å². The highest BCUT2D eigenvalue weighted by Crippen LogP contribution is 2.21. The van der Waals surface area contributed by atoms with Crippen LogP contribution in [0.1, 0.15) is 39.5 Å². The van der Waals surface area contributed by atoms with Gasteiger partial charge in [0.25, 0.3) is 0 Å². The lowest BCUT2D eigenvalue weighted by atomic mass is 10.2. The molecule has 2 aromatic heterocycles. The zero-order valence-corrected chi connectivity index (χ0v) is 17.3. The van der Waals surface area contributed by atoms with Crippen molar-refractivity contribution >= 4 is 23.3 Å². The van der Waals surface area contributed by atoms with Crippen LogP contribution in [0.15, 0.2) is 22.0 Å². The summed E-state index contributed by atoms with van der Waals surface area (Å²) in [6.45, 7) is 7.58. The smallest absolute Gasteiger partial charge is 0.410 e. The lowest BCUT2D eigenvalue weighted by Crippen LogP contribution is -2.51. The number of amides is 2. The van der Waals surface area contributed by atoms with E-state index in [1.165, 1.54) is 0 Å². The fourth-order valence-corrected chi connectivity index (χ4v) is 3.53. The maximum atomic E-state index is 12.4. The average molecular weight is 407 g/mol. The predicted octanol–water partition coefficient (Wildman–Crippen LogP) is 3.20. The van der Waals surface area contributed by atoms with E-state index in [1.54, 1.807) is 21.1 Å². The van der Waals surface area contributed by atoms with E-state index in [2.05, 4.69) is 10.1 Å². The summed E-state index contributed by atoms with van der Waals surface area (Å²) in [6, 6.07) is 3.89. The number of aryl methyl sites for hydroxylation is 1. The highest BCUT2D eigenvalue weighted by atomic mass is 32.1. The maximum absolute atomic E-state index is 12.4. The molecule has 0 atom stereocenters. The maximum Gasteiger partial charge on any atom is 0.410 e. The van der Waals surface area contributed by atoms with E-state index in [9.17, 15) is 9.59 Å². The molecule has 0 bridgehead atoms. The minimum absolute atomic E-state index is 0.0850. The molecule has 1 saturated heterocycles. The summed E-state index contributed by atoms with van der Waals surface area (Å²) in [5.41, 5.74) is -0.512. The number of aromatic nitrogens is 2. The van der Waals surface area contributed by atoms with Gasteiger partial charge in [-0.05, 0) is 38.6 Å². The highest BCUT2D eigenvalue weighted by molar-refractivity contribution is 7.13. The van der Waals surface area contributed by atoms with Crippen LogP contribution in [-0.2, 0) is 16.0 Å². The third-order valence-electron chi connectivity index (χ3n) is 4.28. The normalized spacial score (nSPS) is 15.0. The number of nitrogens with zero attached hydrogens (tertiary/aromatic N) is 4. The van der Waals surface area contributed by atoms with Crippen LogP contribution in [0.25, 0.3) is 10.7 Å². The van der Waals surface area contributed by atoms with Crippen molar-refractivity contribution in [2.24, 2.45) is 0 Å². The molecular weight excluding hydrogens is 380 g/mol. The Morgan fingerprint density at radius 1 is 1.21 bits per heavy atom. The third-order valence-corrected chi connectivity index (χ3v) is 5.14. The first-order valence-corrected chi connectivity index (χ1v) is 10.3. The molecule has 152 valence electrons. The summed E-state index contributed by atoms with van der Waals surface area (Å²) in [5.74, 6) is 1.22. The molecule has 0 saturated carbocycles. The number of piperazine rings is 1. The summed E-state index contributed by atoms with van der Waals surface area (Å²) in [4.78, 5) is 33.3. The molecule has 0 aromatic carbocycles. The molecule has 3 heterocycles. The molecular formula is C19H26N4O4S. The number of carbonyl (C=O) groups is 2. The van der Waals surface area contributed by atoms with Gasteiger partial charge in [0.05, 0.1) is 4.88 Å². The molecule has 0 aliphatic carbocycles. The van der Waals surface area contributed by atoms with Crippen LogP contribution in [0.4, 0.5) is 4.79 Å².